The van der Waals surface area contributed by atoms with Gasteiger partial charge < -0.3 is 0 Å². The number of hydrazine groups is 1. The third-order valence-corrected chi connectivity index (χ3v) is 3.28. The van der Waals surface area contributed by atoms with Gasteiger partial charge in [-0.25, -0.2) is 0 Å². The van der Waals surface area contributed by atoms with E-state index in [1.807, 2.05) is 0 Å². The van der Waals surface area contributed by atoms with E-state index in [1.165, 1.54) is 51.4 Å². The van der Waals surface area contributed by atoms with Gasteiger partial charge in [0.25, 0.3) is 0 Å². The number of rotatable bonds is 10. The van der Waals surface area contributed by atoms with Crippen molar-refractivity contribution in [2.24, 2.45) is 11.8 Å². The summed E-state index contributed by atoms with van der Waals surface area (Å²) in [4.78, 5) is 0. The van der Waals surface area contributed by atoms with E-state index in [0.29, 0.717) is 6.04 Å². The van der Waals surface area contributed by atoms with Gasteiger partial charge in [0.05, 0.1) is 0 Å². The molecule has 0 fully saturated rings. The SMILES string of the molecule is CCCCCCCC(CC(C)CC)NN. The molecule has 92 valence electrons. The van der Waals surface area contributed by atoms with Gasteiger partial charge in [0.15, 0.2) is 0 Å². The van der Waals surface area contributed by atoms with Crippen molar-refractivity contribution < 1.29 is 0 Å². The molecule has 2 unspecified atom stereocenters. The molecule has 0 heterocycles. The van der Waals surface area contributed by atoms with Crippen LogP contribution in [0.1, 0.15) is 72.1 Å². The van der Waals surface area contributed by atoms with Gasteiger partial charge in [-0.3, -0.25) is 11.3 Å². The molecular formula is C13H30N2. The molecule has 2 heteroatoms. The van der Waals surface area contributed by atoms with Crippen LogP contribution in [0.3, 0.4) is 0 Å². The number of hydrogen-bond donors (Lipinski definition) is 2. The van der Waals surface area contributed by atoms with Gasteiger partial charge in [0.2, 0.25) is 0 Å². The zero-order valence-corrected chi connectivity index (χ0v) is 10.9. The van der Waals surface area contributed by atoms with E-state index in [2.05, 4.69) is 26.2 Å². The summed E-state index contributed by atoms with van der Waals surface area (Å²) in [7, 11) is 0. The van der Waals surface area contributed by atoms with Crippen molar-refractivity contribution in [3.05, 3.63) is 0 Å². The Morgan fingerprint density at radius 3 is 2.27 bits per heavy atom. The Morgan fingerprint density at radius 2 is 1.73 bits per heavy atom. The summed E-state index contributed by atoms with van der Waals surface area (Å²) in [6, 6.07) is 0.529. The molecule has 0 spiro atoms. The molecule has 2 atom stereocenters. The van der Waals surface area contributed by atoms with Crippen LogP contribution in [0.4, 0.5) is 0 Å². The molecule has 0 saturated carbocycles. The monoisotopic (exact) mass is 214 g/mol. The molecule has 0 aromatic rings. The molecule has 3 N–H and O–H groups in total. The molecule has 15 heavy (non-hydrogen) atoms. The van der Waals surface area contributed by atoms with Crippen LogP contribution >= 0.6 is 0 Å². The van der Waals surface area contributed by atoms with Crippen LogP contribution in [0.2, 0.25) is 0 Å². The fraction of sp³-hybridized carbons (Fsp3) is 1.00. The van der Waals surface area contributed by atoms with Gasteiger partial charge in [-0.15, -0.1) is 0 Å². The summed E-state index contributed by atoms with van der Waals surface area (Å²) in [5.41, 5.74) is 2.96. The maximum Gasteiger partial charge on any atom is 0.0213 e. The van der Waals surface area contributed by atoms with Crippen LogP contribution in [-0.4, -0.2) is 6.04 Å². The number of unbranched alkanes of at least 4 members (excludes halogenated alkanes) is 4. The van der Waals surface area contributed by atoms with E-state index >= 15 is 0 Å². The number of nitrogens with one attached hydrogen (secondary N) is 1. The van der Waals surface area contributed by atoms with Crippen molar-refractivity contribution in [1.82, 2.24) is 5.43 Å². The molecular weight excluding hydrogens is 184 g/mol. The Kier molecular flexibility index (Phi) is 10.4. The molecule has 0 rings (SSSR count). The maximum absolute atomic E-state index is 5.57. The highest BCUT2D eigenvalue weighted by atomic mass is 15.2. The summed E-state index contributed by atoms with van der Waals surface area (Å²) in [6.45, 7) is 6.81. The Labute approximate surface area is 96.0 Å². The smallest absolute Gasteiger partial charge is 0.0213 e. The Hall–Kier alpha value is -0.0800. The summed E-state index contributed by atoms with van der Waals surface area (Å²) >= 11 is 0. The predicted molar refractivity (Wildman–Crippen MR) is 68.6 cm³/mol. The lowest BCUT2D eigenvalue weighted by atomic mass is 9.96. The average molecular weight is 214 g/mol. The van der Waals surface area contributed by atoms with Gasteiger partial charge in [-0.05, 0) is 18.8 Å². The van der Waals surface area contributed by atoms with Crippen molar-refractivity contribution in [3.8, 4) is 0 Å². The molecule has 0 radical (unpaired) electrons. The van der Waals surface area contributed by atoms with Crippen LogP contribution in [0, 0.1) is 5.92 Å². The topological polar surface area (TPSA) is 38.0 Å². The van der Waals surface area contributed by atoms with E-state index in [4.69, 9.17) is 5.84 Å². The van der Waals surface area contributed by atoms with Crippen LogP contribution in [0.5, 0.6) is 0 Å². The lowest BCUT2D eigenvalue weighted by molar-refractivity contribution is 0.370. The van der Waals surface area contributed by atoms with Crippen molar-refractivity contribution in [3.63, 3.8) is 0 Å². The lowest BCUT2D eigenvalue weighted by Crippen LogP contribution is -2.36. The van der Waals surface area contributed by atoms with Crippen LogP contribution in [0.15, 0.2) is 0 Å². The van der Waals surface area contributed by atoms with E-state index < -0.39 is 0 Å². The van der Waals surface area contributed by atoms with Crippen molar-refractivity contribution in [2.75, 3.05) is 0 Å². The lowest BCUT2D eigenvalue weighted by Gasteiger charge is -2.19. The Morgan fingerprint density at radius 1 is 1.07 bits per heavy atom. The summed E-state index contributed by atoms with van der Waals surface area (Å²) in [5, 5.41) is 0. The first-order valence-corrected chi connectivity index (χ1v) is 6.70. The van der Waals surface area contributed by atoms with Gasteiger partial charge in [-0.1, -0.05) is 59.3 Å². The third-order valence-electron chi connectivity index (χ3n) is 3.28. The first-order chi connectivity index (χ1) is 7.24. The largest absolute Gasteiger partial charge is 0.271 e. The van der Waals surface area contributed by atoms with Gasteiger partial charge in [0.1, 0.15) is 0 Å². The van der Waals surface area contributed by atoms with E-state index in [9.17, 15) is 0 Å². The molecule has 0 aliphatic carbocycles. The minimum Gasteiger partial charge on any atom is -0.271 e. The molecule has 0 aromatic carbocycles. The molecule has 0 aromatic heterocycles. The van der Waals surface area contributed by atoms with E-state index in [1.54, 1.807) is 0 Å². The van der Waals surface area contributed by atoms with Crippen LogP contribution < -0.4 is 11.3 Å². The highest BCUT2D eigenvalue weighted by molar-refractivity contribution is 4.67. The molecule has 0 aliphatic rings. The first kappa shape index (κ1) is 14.9. The number of hydrogen-bond acceptors (Lipinski definition) is 2. The summed E-state index contributed by atoms with van der Waals surface area (Å²) in [5.74, 6) is 6.36. The Bertz CT molecular complexity index is 126. The highest BCUT2D eigenvalue weighted by Gasteiger charge is 2.09. The van der Waals surface area contributed by atoms with Gasteiger partial charge >= 0.3 is 0 Å². The normalized spacial score (nSPS) is 15.2. The van der Waals surface area contributed by atoms with Gasteiger partial charge in [-0.2, -0.15) is 0 Å². The zero-order chi connectivity index (χ0) is 11.5. The summed E-state index contributed by atoms with van der Waals surface area (Å²) in [6.07, 6.45) is 10.5. The van der Waals surface area contributed by atoms with Crippen LogP contribution in [0.25, 0.3) is 0 Å². The predicted octanol–water partition coefficient (Wildman–Crippen LogP) is 3.62. The second kappa shape index (κ2) is 10.4. The zero-order valence-electron chi connectivity index (χ0n) is 10.9. The highest BCUT2D eigenvalue weighted by Crippen LogP contribution is 2.14. The quantitative estimate of drug-likeness (QED) is 0.331. The van der Waals surface area contributed by atoms with E-state index in [-0.39, 0.29) is 0 Å². The standard InChI is InChI=1S/C13H30N2/c1-4-6-7-8-9-10-13(15-14)11-12(3)5-2/h12-13,15H,4-11,14H2,1-3H3. The third kappa shape index (κ3) is 8.88. The minimum atomic E-state index is 0.529. The molecule has 0 aliphatic heterocycles. The average Bonchev–Trinajstić information content (AvgIpc) is 2.26. The molecule has 2 nitrogen and oxygen atoms in total. The number of nitrogens with two attached hydrogens (primary N) is 1. The fourth-order valence-electron chi connectivity index (χ4n) is 1.92. The van der Waals surface area contributed by atoms with E-state index in [0.717, 1.165) is 5.92 Å². The van der Waals surface area contributed by atoms with Crippen molar-refractivity contribution >= 4 is 0 Å². The van der Waals surface area contributed by atoms with Gasteiger partial charge in [0, 0.05) is 6.04 Å². The fourth-order valence-corrected chi connectivity index (χ4v) is 1.92. The summed E-state index contributed by atoms with van der Waals surface area (Å²) < 4.78 is 0. The maximum atomic E-state index is 5.57. The minimum absolute atomic E-state index is 0.529. The van der Waals surface area contributed by atoms with Crippen LogP contribution in [-0.2, 0) is 0 Å². The molecule has 0 bridgehead atoms. The first-order valence-electron chi connectivity index (χ1n) is 6.70. The molecule has 0 saturated heterocycles. The second-order valence-electron chi connectivity index (χ2n) is 4.82. The van der Waals surface area contributed by atoms with Crippen molar-refractivity contribution in [1.29, 1.82) is 0 Å². The second-order valence-corrected chi connectivity index (χ2v) is 4.82. The van der Waals surface area contributed by atoms with Crippen molar-refractivity contribution in [2.45, 2.75) is 78.2 Å². The Balaban J connectivity index is 3.44. The molecule has 0 amide bonds.